The second kappa shape index (κ2) is 10.3. The number of nitrogens with two attached hydrogens (primary N) is 1. The van der Waals surface area contributed by atoms with Crippen molar-refractivity contribution in [3.05, 3.63) is 41.1 Å². The van der Waals surface area contributed by atoms with Crippen LogP contribution in [0, 0.1) is 5.92 Å². The molecule has 0 spiro atoms. The minimum atomic E-state index is -0.637. The van der Waals surface area contributed by atoms with Crippen molar-refractivity contribution in [2.45, 2.75) is 32.7 Å². The van der Waals surface area contributed by atoms with E-state index in [9.17, 15) is 14.4 Å². The van der Waals surface area contributed by atoms with Gasteiger partial charge in [-0.1, -0.05) is 12.1 Å². The Labute approximate surface area is 181 Å². The molecule has 1 fully saturated rings. The smallest absolute Gasteiger partial charge is 0.338 e. The summed E-state index contributed by atoms with van der Waals surface area (Å²) in [5.74, 6) is -0.174. The zero-order valence-corrected chi connectivity index (χ0v) is 18.0. The van der Waals surface area contributed by atoms with E-state index in [1.165, 1.54) is 0 Å². The van der Waals surface area contributed by atoms with Gasteiger partial charge >= 0.3 is 12.0 Å². The Bertz CT molecular complexity index is 844. The van der Waals surface area contributed by atoms with Crippen LogP contribution in [0.25, 0.3) is 0 Å². The number of likely N-dealkylation sites (tertiary alicyclic amines) is 1. The summed E-state index contributed by atoms with van der Waals surface area (Å²) in [6.45, 7) is 6.11. The molecule has 1 aromatic carbocycles. The fourth-order valence-electron chi connectivity index (χ4n) is 3.96. The van der Waals surface area contributed by atoms with Crippen LogP contribution in [-0.2, 0) is 14.3 Å². The number of carbonyl (C=O) groups is 3. The molecule has 2 aliphatic rings. The lowest BCUT2D eigenvalue weighted by Gasteiger charge is -2.34. The van der Waals surface area contributed by atoms with Crippen LogP contribution in [0.4, 0.5) is 4.79 Å². The van der Waals surface area contributed by atoms with E-state index >= 15 is 0 Å². The van der Waals surface area contributed by atoms with Gasteiger partial charge in [0.15, 0.2) is 0 Å². The second-order valence-corrected chi connectivity index (χ2v) is 7.60. The molecule has 0 aromatic heterocycles. The molecule has 9 heteroatoms. The summed E-state index contributed by atoms with van der Waals surface area (Å²) in [4.78, 5) is 38.8. The number of hydrogen-bond acceptors (Lipinski definition) is 6. The highest BCUT2D eigenvalue weighted by Gasteiger charge is 2.35. The number of benzene rings is 1. The number of amides is 3. The first-order chi connectivity index (χ1) is 14.9. The first kappa shape index (κ1) is 22.6. The van der Waals surface area contributed by atoms with Gasteiger partial charge in [0.05, 0.1) is 24.8 Å². The van der Waals surface area contributed by atoms with Gasteiger partial charge in [0.1, 0.15) is 5.75 Å². The van der Waals surface area contributed by atoms with Gasteiger partial charge < -0.3 is 25.8 Å². The number of piperidine rings is 1. The molecule has 0 aliphatic carbocycles. The van der Waals surface area contributed by atoms with Gasteiger partial charge in [-0.05, 0) is 57.5 Å². The SMILES string of the molecule is CCOC(=O)C1=C(CN2CCC(C(N)=O)CC2)NC(=O)N[C@@H]1c1ccc(OCC)cc1. The van der Waals surface area contributed by atoms with E-state index in [-0.39, 0.29) is 24.5 Å². The standard InChI is InChI=1S/C22H30N4O5/c1-3-30-16-7-5-14(6-8-16)19-18(21(28)31-4-2)17(24-22(29)25-19)13-26-11-9-15(10-12-26)20(23)27/h5-8,15,19H,3-4,9-13H2,1-2H3,(H2,23,27)(H2,24,25,29)/t19-/m1/s1. The molecule has 1 saturated heterocycles. The van der Waals surface area contributed by atoms with Crippen molar-refractivity contribution < 1.29 is 23.9 Å². The summed E-state index contributed by atoms with van der Waals surface area (Å²) >= 11 is 0. The Kier molecular flexibility index (Phi) is 7.51. The first-order valence-corrected chi connectivity index (χ1v) is 10.6. The predicted octanol–water partition coefficient (Wildman–Crippen LogP) is 1.45. The zero-order chi connectivity index (χ0) is 22.4. The summed E-state index contributed by atoms with van der Waals surface area (Å²) in [5, 5.41) is 5.62. The summed E-state index contributed by atoms with van der Waals surface area (Å²) in [6.07, 6.45) is 1.32. The lowest BCUT2D eigenvalue weighted by Crippen LogP contribution is -2.49. The molecule has 168 valence electrons. The van der Waals surface area contributed by atoms with Gasteiger partial charge in [0.25, 0.3) is 0 Å². The molecule has 0 unspecified atom stereocenters. The van der Waals surface area contributed by atoms with E-state index in [0.717, 1.165) is 5.56 Å². The number of nitrogens with zero attached hydrogens (tertiary/aromatic N) is 1. The summed E-state index contributed by atoms with van der Waals surface area (Å²) in [7, 11) is 0. The molecule has 9 nitrogen and oxygen atoms in total. The lowest BCUT2D eigenvalue weighted by atomic mass is 9.93. The van der Waals surface area contributed by atoms with Crippen molar-refractivity contribution in [1.82, 2.24) is 15.5 Å². The molecule has 1 aromatic rings. The number of nitrogens with one attached hydrogen (secondary N) is 2. The molecule has 31 heavy (non-hydrogen) atoms. The van der Waals surface area contributed by atoms with E-state index in [1.54, 1.807) is 6.92 Å². The maximum absolute atomic E-state index is 12.9. The second-order valence-electron chi connectivity index (χ2n) is 7.60. The van der Waals surface area contributed by atoms with Crippen LogP contribution in [0.15, 0.2) is 35.5 Å². The van der Waals surface area contributed by atoms with E-state index in [1.807, 2.05) is 31.2 Å². The Hall–Kier alpha value is -3.07. The molecule has 4 N–H and O–H groups in total. The molecule has 3 rings (SSSR count). The average Bonchev–Trinajstić information content (AvgIpc) is 2.74. The zero-order valence-electron chi connectivity index (χ0n) is 18.0. The average molecular weight is 431 g/mol. The number of hydrogen-bond donors (Lipinski definition) is 3. The maximum Gasteiger partial charge on any atom is 0.338 e. The summed E-state index contributed by atoms with van der Waals surface area (Å²) in [5.41, 5.74) is 7.07. The van der Waals surface area contributed by atoms with E-state index in [2.05, 4.69) is 15.5 Å². The summed E-state index contributed by atoms with van der Waals surface area (Å²) < 4.78 is 10.8. The van der Waals surface area contributed by atoms with Crippen molar-refractivity contribution in [3.8, 4) is 5.75 Å². The van der Waals surface area contributed by atoms with Crippen molar-refractivity contribution >= 4 is 17.9 Å². The quantitative estimate of drug-likeness (QED) is 0.537. The van der Waals surface area contributed by atoms with Crippen LogP contribution in [0.5, 0.6) is 5.75 Å². The van der Waals surface area contributed by atoms with Crippen LogP contribution < -0.4 is 21.1 Å². The number of urea groups is 1. The van der Waals surface area contributed by atoms with Crippen molar-refractivity contribution in [3.63, 3.8) is 0 Å². The van der Waals surface area contributed by atoms with Crippen molar-refractivity contribution in [2.75, 3.05) is 32.8 Å². The first-order valence-electron chi connectivity index (χ1n) is 10.6. The number of carbonyl (C=O) groups excluding carboxylic acids is 3. The van der Waals surface area contributed by atoms with Crippen LogP contribution in [0.3, 0.4) is 0 Å². The lowest BCUT2D eigenvalue weighted by molar-refractivity contribution is -0.139. The third kappa shape index (κ3) is 5.55. The van der Waals surface area contributed by atoms with Crippen LogP contribution in [0.1, 0.15) is 38.3 Å². The molecule has 3 amide bonds. The van der Waals surface area contributed by atoms with Crippen molar-refractivity contribution in [2.24, 2.45) is 11.7 Å². The largest absolute Gasteiger partial charge is 0.494 e. The van der Waals surface area contributed by atoms with E-state index in [0.29, 0.717) is 56.1 Å². The highest BCUT2D eigenvalue weighted by Crippen LogP contribution is 2.30. The van der Waals surface area contributed by atoms with Crippen molar-refractivity contribution in [1.29, 1.82) is 0 Å². The summed E-state index contributed by atoms with van der Waals surface area (Å²) in [6, 6.07) is 6.26. The van der Waals surface area contributed by atoms with Gasteiger partial charge in [0, 0.05) is 18.2 Å². The van der Waals surface area contributed by atoms with Crippen LogP contribution >= 0.6 is 0 Å². The fourth-order valence-corrected chi connectivity index (χ4v) is 3.96. The molecular formula is C22H30N4O5. The minimum Gasteiger partial charge on any atom is -0.494 e. The Balaban J connectivity index is 1.88. The molecule has 0 saturated carbocycles. The predicted molar refractivity (Wildman–Crippen MR) is 114 cm³/mol. The van der Waals surface area contributed by atoms with E-state index in [4.69, 9.17) is 15.2 Å². The number of rotatable bonds is 8. The molecule has 0 bridgehead atoms. The number of primary amides is 1. The topological polar surface area (TPSA) is 123 Å². The minimum absolute atomic E-state index is 0.131. The Morgan fingerprint density at radius 2 is 1.81 bits per heavy atom. The molecule has 2 aliphatic heterocycles. The highest BCUT2D eigenvalue weighted by atomic mass is 16.5. The van der Waals surface area contributed by atoms with Gasteiger partial charge in [-0.25, -0.2) is 9.59 Å². The third-order valence-electron chi connectivity index (χ3n) is 5.55. The molecular weight excluding hydrogens is 400 g/mol. The van der Waals surface area contributed by atoms with E-state index < -0.39 is 12.0 Å². The molecule has 2 heterocycles. The normalized spacial score (nSPS) is 20.1. The van der Waals surface area contributed by atoms with Crippen LogP contribution in [-0.4, -0.2) is 55.7 Å². The monoisotopic (exact) mass is 430 g/mol. The van der Waals surface area contributed by atoms with Crippen LogP contribution in [0.2, 0.25) is 0 Å². The third-order valence-corrected chi connectivity index (χ3v) is 5.55. The van der Waals surface area contributed by atoms with Gasteiger partial charge in [0.2, 0.25) is 5.91 Å². The highest BCUT2D eigenvalue weighted by molar-refractivity contribution is 5.95. The maximum atomic E-state index is 12.9. The fraction of sp³-hybridized carbons (Fsp3) is 0.500. The number of ether oxygens (including phenoxy) is 2. The van der Waals surface area contributed by atoms with Gasteiger partial charge in [-0.15, -0.1) is 0 Å². The Morgan fingerprint density at radius 3 is 2.39 bits per heavy atom. The molecule has 0 radical (unpaired) electrons. The van der Waals surface area contributed by atoms with Gasteiger partial charge in [-0.3, -0.25) is 9.69 Å². The molecule has 1 atom stereocenters. The van der Waals surface area contributed by atoms with Gasteiger partial charge in [-0.2, -0.15) is 0 Å². The number of esters is 1. The Morgan fingerprint density at radius 1 is 1.13 bits per heavy atom.